The molecule has 1 aromatic heterocycles. The van der Waals surface area contributed by atoms with Crippen molar-refractivity contribution in [2.75, 3.05) is 18.6 Å². The molecule has 0 bridgehead atoms. The van der Waals surface area contributed by atoms with Crippen molar-refractivity contribution in [3.63, 3.8) is 0 Å². The number of para-hydroxylation sites is 1. The van der Waals surface area contributed by atoms with Crippen molar-refractivity contribution in [1.82, 2.24) is 15.1 Å². The third kappa shape index (κ3) is 5.27. The van der Waals surface area contributed by atoms with Gasteiger partial charge in [-0.3, -0.25) is 4.79 Å². The summed E-state index contributed by atoms with van der Waals surface area (Å²) in [5.41, 5.74) is 5.87. The van der Waals surface area contributed by atoms with Gasteiger partial charge in [0.25, 0.3) is 5.91 Å². The summed E-state index contributed by atoms with van der Waals surface area (Å²) < 4.78 is 25.2. The van der Waals surface area contributed by atoms with Gasteiger partial charge in [0.1, 0.15) is 11.6 Å². The van der Waals surface area contributed by atoms with E-state index in [-0.39, 0.29) is 42.7 Å². The molecule has 0 aliphatic heterocycles. The Bertz CT molecular complexity index is 1080. The third-order valence-electron chi connectivity index (χ3n) is 4.12. The zero-order chi connectivity index (χ0) is 21.5. The molecule has 3 rings (SSSR count). The average Bonchev–Trinajstić information content (AvgIpc) is 3.17. The second kappa shape index (κ2) is 9.76. The van der Waals surface area contributed by atoms with Crippen molar-refractivity contribution in [3.05, 3.63) is 65.3 Å². The molecular formula is C20H18FN5O3S. The van der Waals surface area contributed by atoms with E-state index in [2.05, 4.69) is 10.2 Å². The van der Waals surface area contributed by atoms with Crippen molar-refractivity contribution in [1.29, 1.82) is 5.26 Å². The number of benzene rings is 2. The van der Waals surface area contributed by atoms with Crippen LogP contribution >= 0.6 is 11.8 Å². The van der Waals surface area contributed by atoms with Crippen LogP contribution in [0.1, 0.15) is 17.0 Å². The van der Waals surface area contributed by atoms with Gasteiger partial charge in [-0.05, 0) is 30.5 Å². The van der Waals surface area contributed by atoms with Crippen LogP contribution in [0, 0.1) is 17.1 Å². The van der Waals surface area contributed by atoms with Gasteiger partial charge in [-0.2, -0.15) is 5.26 Å². The molecular weight excluding hydrogens is 409 g/mol. The summed E-state index contributed by atoms with van der Waals surface area (Å²) in [7, 11) is 0. The number of anilines is 1. The normalized spacial score (nSPS) is 10.4. The van der Waals surface area contributed by atoms with Crippen molar-refractivity contribution >= 4 is 23.7 Å². The van der Waals surface area contributed by atoms with Crippen molar-refractivity contribution in [3.8, 4) is 11.8 Å². The third-order valence-corrected chi connectivity index (χ3v) is 4.90. The number of rotatable bonds is 8. The van der Waals surface area contributed by atoms with Crippen LogP contribution in [0.4, 0.5) is 10.4 Å². The smallest absolute Gasteiger partial charge is 0.312 e. The Morgan fingerprint density at radius 1 is 1.30 bits per heavy atom. The topological polar surface area (TPSA) is 118 Å². The highest BCUT2D eigenvalue weighted by Gasteiger charge is 2.20. The number of nitrogen functional groups attached to an aromatic ring is 1. The number of nitrogens with zero attached hydrogens (tertiary/aromatic N) is 4. The Balaban J connectivity index is 1.78. The number of hydrogen-bond donors (Lipinski definition) is 1. The molecule has 0 unspecified atom stereocenters. The molecule has 0 saturated carbocycles. The van der Waals surface area contributed by atoms with Crippen LogP contribution in [0.5, 0.6) is 5.75 Å². The van der Waals surface area contributed by atoms with E-state index < -0.39 is 11.7 Å². The largest absolute Gasteiger partial charge is 0.483 e. The summed E-state index contributed by atoms with van der Waals surface area (Å²) in [5, 5.41) is 16.2. The van der Waals surface area contributed by atoms with E-state index in [9.17, 15) is 9.18 Å². The number of thioether (sulfide) groups is 1. The van der Waals surface area contributed by atoms with Gasteiger partial charge in [0.05, 0.1) is 18.2 Å². The van der Waals surface area contributed by atoms with E-state index in [0.29, 0.717) is 5.75 Å². The molecule has 1 amide bonds. The molecule has 3 aromatic rings. The molecule has 0 radical (unpaired) electrons. The minimum Gasteiger partial charge on any atom is -0.483 e. The van der Waals surface area contributed by atoms with Crippen LogP contribution in [0.25, 0.3) is 0 Å². The summed E-state index contributed by atoms with van der Waals surface area (Å²) in [5.74, 6) is -0.318. The molecule has 2 N–H and O–H groups in total. The Kier molecular flexibility index (Phi) is 6.87. The molecule has 0 fully saturated rings. The van der Waals surface area contributed by atoms with E-state index in [1.54, 1.807) is 6.07 Å². The van der Waals surface area contributed by atoms with Crippen molar-refractivity contribution < 1.29 is 18.3 Å². The van der Waals surface area contributed by atoms with Gasteiger partial charge in [-0.15, -0.1) is 16.9 Å². The van der Waals surface area contributed by atoms with Crippen LogP contribution in [0.15, 0.2) is 51.8 Å². The van der Waals surface area contributed by atoms with E-state index in [1.165, 1.54) is 28.8 Å². The van der Waals surface area contributed by atoms with Crippen LogP contribution < -0.4 is 10.5 Å². The molecule has 10 heteroatoms. The van der Waals surface area contributed by atoms with Crippen LogP contribution in [-0.2, 0) is 17.9 Å². The van der Waals surface area contributed by atoms with Gasteiger partial charge in [-0.25, -0.2) is 4.39 Å². The number of halogens is 1. The van der Waals surface area contributed by atoms with Gasteiger partial charge < -0.3 is 19.8 Å². The highest BCUT2D eigenvalue weighted by atomic mass is 32.2. The van der Waals surface area contributed by atoms with E-state index in [4.69, 9.17) is 20.1 Å². The number of carbonyl (C=O) groups is 1. The first kappa shape index (κ1) is 21.1. The molecule has 0 atom stereocenters. The standard InChI is InChI=1S/C20H18FN5O3S/c1-30-17-5-3-2-4-16(17)28-12-19(27)26(11-18-24-25-20(23)29-18)10-14-7-6-13(9-22)8-15(14)21/h2-8H,10-12H2,1H3,(H2,23,25). The maximum Gasteiger partial charge on any atom is 0.312 e. The fraction of sp³-hybridized carbons (Fsp3) is 0.200. The second-order valence-electron chi connectivity index (χ2n) is 6.14. The number of nitriles is 1. The van der Waals surface area contributed by atoms with Crippen LogP contribution in [0.2, 0.25) is 0 Å². The molecule has 30 heavy (non-hydrogen) atoms. The summed E-state index contributed by atoms with van der Waals surface area (Å²) in [6, 6.07) is 13.1. The lowest BCUT2D eigenvalue weighted by atomic mass is 10.1. The predicted molar refractivity (Wildman–Crippen MR) is 108 cm³/mol. The lowest BCUT2D eigenvalue weighted by molar-refractivity contribution is -0.135. The Morgan fingerprint density at radius 2 is 2.10 bits per heavy atom. The fourth-order valence-electron chi connectivity index (χ4n) is 2.65. The maximum atomic E-state index is 14.4. The summed E-state index contributed by atoms with van der Waals surface area (Å²) in [6.07, 6.45) is 1.91. The van der Waals surface area contributed by atoms with Crippen molar-refractivity contribution in [2.45, 2.75) is 18.0 Å². The minimum absolute atomic E-state index is 0.0734. The molecule has 1 heterocycles. The molecule has 0 aliphatic carbocycles. The monoisotopic (exact) mass is 427 g/mol. The Labute approximate surface area is 176 Å². The van der Waals surface area contributed by atoms with Gasteiger partial charge >= 0.3 is 6.01 Å². The predicted octanol–water partition coefficient (Wildman–Crippen LogP) is 2.99. The van der Waals surface area contributed by atoms with Crippen LogP contribution in [0.3, 0.4) is 0 Å². The number of aromatic nitrogens is 2. The fourth-order valence-corrected chi connectivity index (χ4v) is 3.19. The van der Waals surface area contributed by atoms with Gasteiger partial charge in [0.15, 0.2) is 6.61 Å². The lowest BCUT2D eigenvalue weighted by Gasteiger charge is -2.22. The molecule has 0 spiro atoms. The molecule has 0 aliphatic rings. The number of hydrogen-bond acceptors (Lipinski definition) is 8. The number of ether oxygens (including phenoxy) is 1. The molecule has 0 saturated heterocycles. The molecule has 2 aromatic carbocycles. The number of nitrogens with two attached hydrogens (primary N) is 1. The quantitative estimate of drug-likeness (QED) is 0.545. The Morgan fingerprint density at radius 3 is 2.77 bits per heavy atom. The van der Waals surface area contributed by atoms with Gasteiger partial charge in [-0.1, -0.05) is 23.3 Å². The van der Waals surface area contributed by atoms with Crippen molar-refractivity contribution in [2.24, 2.45) is 0 Å². The first-order valence-electron chi connectivity index (χ1n) is 8.80. The zero-order valence-corrected chi connectivity index (χ0v) is 16.9. The summed E-state index contributed by atoms with van der Waals surface area (Å²) >= 11 is 1.50. The zero-order valence-electron chi connectivity index (χ0n) is 16.0. The number of carbonyl (C=O) groups excluding carboxylic acids is 1. The second-order valence-corrected chi connectivity index (χ2v) is 6.99. The van der Waals surface area contributed by atoms with E-state index >= 15 is 0 Å². The van der Waals surface area contributed by atoms with E-state index in [0.717, 1.165) is 11.0 Å². The van der Waals surface area contributed by atoms with Gasteiger partial charge in [0, 0.05) is 17.0 Å². The van der Waals surface area contributed by atoms with E-state index in [1.807, 2.05) is 30.5 Å². The highest BCUT2D eigenvalue weighted by Crippen LogP contribution is 2.27. The van der Waals surface area contributed by atoms with Gasteiger partial charge in [0.2, 0.25) is 5.89 Å². The first-order valence-corrected chi connectivity index (χ1v) is 10.0. The first-order chi connectivity index (χ1) is 14.5. The average molecular weight is 427 g/mol. The van der Waals surface area contributed by atoms with Crippen LogP contribution in [-0.4, -0.2) is 33.9 Å². The summed E-state index contributed by atoms with van der Waals surface area (Å²) in [4.78, 5) is 15.1. The summed E-state index contributed by atoms with van der Waals surface area (Å²) in [6.45, 7) is -0.415. The molecule has 154 valence electrons. The molecule has 8 nitrogen and oxygen atoms in total. The highest BCUT2D eigenvalue weighted by molar-refractivity contribution is 7.98. The maximum absolute atomic E-state index is 14.4. The SMILES string of the molecule is CSc1ccccc1OCC(=O)N(Cc1nnc(N)o1)Cc1ccc(C#N)cc1F. The Hall–Kier alpha value is -3.58. The lowest BCUT2D eigenvalue weighted by Crippen LogP contribution is -2.34. The number of amides is 1. The minimum atomic E-state index is -0.592.